The van der Waals surface area contributed by atoms with Crippen molar-refractivity contribution >= 4 is 16.4 Å². The minimum absolute atomic E-state index is 0.0390. The summed E-state index contributed by atoms with van der Waals surface area (Å²) in [5.41, 5.74) is 0. The summed E-state index contributed by atoms with van der Waals surface area (Å²) in [6.45, 7) is 3.98. The molecule has 1 saturated heterocycles. The maximum atomic E-state index is 12.8. The summed E-state index contributed by atoms with van der Waals surface area (Å²) in [5, 5.41) is 30.6. The van der Waals surface area contributed by atoms with E-state index in [1.54, 1.807) is 0 Å². The predicted octanol–water partition coefficient (Wildman–Crippen LogP) is 8.69. The number of aliphatic hydroxyl groups excluding tert-OH is 3. The van der Waals surface area contributed by atoms with E-state index in [4.69, 9.17) is 23.5 Å². The summed E-state index contributed by atoms with van der Waals surface area (Å²) in [6.07, 6.45) is 26.8. The molecule has 0 spiro atoms. The van der Waals surface area contributed by atoms with Gasteiger partial charge in [0, 0.05) is 13.0 Å². The largest absolute Gasteiger partial charge is 0.457 e. The molecule has 1 rings (SSSR count). The maximum Gasteiger partial charge on any atom is 0.397 e. The fourth-order valence-electron chi connectivity index (χ4n) is 6.78. The number of aliphatic hydroxyl groups is 3. The zero-order valence-corrected chi connectivity index (χ0v) is 35.3. The second-order valence-corrected chi connectivity index (χ2v) is 16.3. The van der Waals surface area contributed by atoms with Crippen molar-refractivity contribution in [2.75, 3.05) is 26.4 Å². The lowest BCUT2D eigenvalue weighted by Gasteiger charge is -2.41. The van der Waals surface area contributed by atoms with Gasteiger partial charge in [0.2, 0.25) is 0 Å². The first kappa shape index (κ1) is 51.9. The molecule has 1 aliphatic heterocycles. The van der Waals surface area contributed by atoms with Crippen LogP contribution < -0.4 is 0 Å². The molecule has 0 saturated carbocycles. The van der Waals surface area contributed by atoms with Gasteiger partial charge in [0.1, 0.15) is 30.5 Å². The average molecular weight is 809 g/mol. The zero-order chi connectivity index (χ0) is 40.4. The summed E-state index contributed by atoms with van der Waals surface area (Å²) in [4.78, 5) is 12.8. The molecule has 1 fully saturated rings. The molecule has 13 heteroatoms. The van der Waals surface area contributed by atoms with Crippen LogP contribution in [0.1, 0.15) is 187 Å². The van der Waals surface area contributed by atoms with E-state index in [9.17, 15) is 28.5 Å². The Hall–Kier alpha value is -1.16. The Morgan fingerprint density at radius 1 is 0.673 bits per heavy atom. The Labute approximate surface area is 334 Å². The second-order valence-electron chi connectivity index (χ2n) is 15.3. The Morgan fingerprint density at radius 3 is 1.64 bits per heavy atom. The second kappa shape index (κ2) is 34.8. The van der Waals surface area contributed by atoms with Crippen LogP contribution in [0, 0.1) is 0 Å². The van der Waals surface area contributed by atoms with Gasteiger partial charge in [-0.25, -0.2) is 4.18 Å². The van der Waals surface area contributed by atoms with Gasteiger partial charge in [-0.1, -0.05) is 154 Å². The molecule has 1 aliphatic rings. The van der Waals surface area contributed by atoms with E-state index in [0.717, 1.165) is 44.9 Å². The number of carbonyl (C=O) groups excluding carboxylic acids is 1. The standard InChI is InChI=1S/C42H80O12S/c1-3-5-7-9-11-13-15-16-17-18-19-20-21-22-23-25-27-29-31-38(44)52-36(34-50-32-30-28-26-24-14-12-10-8-6-4-2)35-51-42-40(46)41(54-55(47,48)49)39(45)37(33-43)53-42/h17-18,36-37,39-43,45-46H,3-16,19-35H2,1-2H3,(H,47,48,49)/b18-17-. The van der Waals surface area contributed by atoms with Crippen LogP contribution in [0.5, 0.6) is 0 Å². The predicted molar refractivity (Wildman–Crippen MR) is 216 cm³/mol. The topological polar surface area (TPSA) is 178 Å². The molecule has 0 aromatic heterocycles. The van der Waals surface area contributed by atoms with Crippen LogP contribution in [0.4, 0.5) is 0 Å². The van der Waals surface area contributed by atoms with Crippen LogP contribution in [-0.4, -0.2) is 97.5 Å². The molecular formula is C42H80O12S. The van der Waals surface area contributed by atoms with Crippen LogP contribution in [0.15, 0.2) is 12.2 Å². The highest BCUT2D eigenvalue weighted by atomic mass is 32.3. The third-order valence-corrected chi connectivity index (χ3v) is 10.6. The van der Waals surface area contributed by atoms with Crippen molar-refractivity contribution in [3.63, 3.8) is 0 Å². The summed E-state index contributed by atoms with van der Waals surface area (Å²) in [5.74, 6) is -0.402. The molecular weight excluding hydrogens is 729 g/mol. The van der Waals surface area contributed by atoms with E-state index < -0.39 is 59.8 Å². The van der Waals surface area contributed by atoms with Gasteiger partial charge in [-0.05, 0) is 38.5 Å². The third kappa shape index (κ3) is 28.8. The number of hydrogen-bond donors (Lipinski definition) is 4. The molecule has 0 amide bonds. The van der Waals surface area contributed by atoms with Crippen molar-refractivity contribution < 1.29 is 56.2 Å². The highest BCUT2D eigenvalue weighted by molar-refractivity contribution is 7.80. The Kier molecular flexibility index (Phi) is 32.9. The minimum Gasteiger partial charge on any atom is -0.457 e. The van der Waals surface area contributed by atoms with E-state index >= 15 is 0 Å². The number of carbonyl (C=O) groups is 1. The van der Waals surface area contributed by atoms with Crippen molar-refractivity contribution in [1.29, 1.82) is 0 Å². The first-order valence-electron chi connectivity index (χ1n) is 21.9. The van der Waals surface area contributed by atoms with Crippen molar-refractivity contribution in [2.45, 2.75) is 224 Å². The van der Waals surface area contributed by atoms with Gasteiger partial charge in [0.15, 0.2) is 6.29 Å². The molecule has 0 radical (unpaired) electrons. The Bertz CT molecular complexity index is 1030. The van der Waals surface area contributed by atoms with Gasteiger partial charge in [0.05, 0.1) is 19.8 Å². The lowest BCUT2D eigenvalue weighted by atomic mass is 9.99. The van der Waals surface area contributed by atoms with Gasteiger partial charge in [-0.15, -0.1) is 0 Å². The third-order valence-electron chi connectivity index (χ3n) is 10.1. The fourth-order valence-corrected chi connectivity index (χ4v) is 7.29. The average Bonchev–Trinajstić information content (AvgIpc) is 3.15. The number of rotatable bonds is 38. The van der Waals surface area contributed by atoms with E-state index in [-0.39, 0.29) is 19.6 Å². The fraction of sp³-hybridized carbons (Fsp3) is 0.929. The monoisotopic (exact) mass is 809 g/mol. The molecule has 326 valence electrons. The number of unbranched alkanes of at least 4 members (excludes halogenated alkanes) is 23. The van der Waals surface area contributed by atoms with E-state index in [1.165, 1.54) is 116 Å². The quantitative estimate of drug-likeness (QED) is 0.0202. The highest BCUT2D eigenvalue weighted by Gasteiger charge is 2.48. The zero-order valence-electron chi connectivity index (χ0n) is 34.5. The Morgan fingerprint density at radius 2 is 1.15 bits per heavy atom. The number of ether oxygens (including phenoxy) is 4. The molecule has 12 nitrogen and oxygen atoms in total. The Balaban J connectivity index is 2.41. The van der Waals surface area contributed by atoms with Crippen molar-refractivity contribution in [1.82, 2.24) is 0 Å². The number of esters is 1. The first-order valence-corrected chi connectivity index (χ1v) is 23.3. The lowest BCUT2D eigenvalue weighted by molar-refractivity contribution is -0.301. The minimum atomic E-state index is -5.05. The molecule has 6 unspecified atom stereocenters. The summed E-state index contributed by atoms with van der Waals surface area (Å²) >= 11 is 0. The van der Waals surface area contributed by atoms with Gasteiger partial charge in [-0.3, -0.25) is 9.35 Å². The molecule has 0 bridgehead atoms. The van der Waals surface area contributed by atoms with E-state index in [1.807, 2.05) is 0 Å². The smallest absolute Gasteiger partial charge is 0.397 e. The van der Waals surface area contributed by atoms with Crippen LogP contribution >= 0.6 is 0 Å². The van der Waals surface area contributed by atoms with Crippen LogP contribution in [-0.2, 0) is 38.3 Å². The van der Waals surface area contributed by atoms with Crippen LogP contribution in [0.3, 0.4) is 0 Å². The van der Waals surface area contributed by atoms with Crippen molar-refractivity contribution in [2.24, 2.45) is 0 Å². The number of allylic oxidation sites excluding steroid dienone is 2. The van der Waals surface area contributed by atoms with Crippen LogP contribution in [0.2, 0.25) is 0 Å². The van der Waals surface area contributed by atoms with Crippen molar-refractivity contribution in [3.05, 3.63) is 12.2 Å². The SMILES string of the molecule is CCCCCCCCC/C=C\CCCCCCCCCC(=O)OC(COCCCCCCCCCCCC)COC1OC(CO)C(O)C(OS(=O)(=O)O)C1O. The molecule has 6 atom stereocenters. The van der Waals surface area contributed by atoms with Gasteiger partial charge in [0.25, 0.3) is 0 Å². The van der Waals surface area contributed by atoms with Crippen molar-refractivity contribution in [3.8, 4) is 0 Å². The summed E-state index contributed by atoms with van der Waals surface area (Å²) < 4.78 is 58.9. The van der Waals surface area contributed by atoms with Gasteiger partial charge in [-0.2, -0.15) is 8.42 Å². The van der Waals surface area contributed by atoms with Crippen LogP contribution in [0.25, 0.3) is 0 Å². The van der Waals surface area contributed by atoms with Gasteiger partial charge < -0.3 is 34.3 Å². The first-order chi connectivity index (χ1) is 26.6. The summed E-state index contributed by atoms with van der Waals surface area (Å²) in [6, 6.07) is 0. The van der Waals surface area contributed by atoms with E-state index in [0.29, 0.717) is 13.0 Å². The molecule has 1 heterocycles. The maximum absolute atomic E-state index is 12.8. The van der Waals surface area contributed by atoms with Gasteiger partial charge >= 0.3 is 16.4 Å². The normalized spacial score (nSPS) is 21.0. The molecule has 4 N–H and O–H groups in total. The van der Waals surface area contributed by atoms with E-state index in [2.05, 4.69) is 30.2 Å². The molecule has 0 aromatic rings. The number of hydrogen-bond acceptors (Lipinski definition) is 11. The highest BCUT2D eigenvalue weighted by Crippen LogP contribution is 2.26. The lowest BCUT2D eigenvalue weighted by Crippen LogP contribution is -2.60. The molecule has 55 heavy (non-hydrogen) atoms. The molecule has 0 aliphatic carbocycles. The molecule has 0 aromatic carbocycles. The summed E-state index contributed by atoms with van der Waals surface area (Å²) in [7, 11) is -5.05.